The van der Waals surface area contributed by atoms with Crippen LogP contribution in [0.25, 0.3) is 6.08 Å². The zero-order chi connectivity index (χ0) is 16.2. The highest BCUT2D eigenvalue weighted by Gasteiger charge is 2.24. The number of ether oxygens (including phenoxy) is 1. The van der Waals surface area contributed by atoms with Crippen molar-refractivity contribution in [3.8, 4) is 0 Å². The molecule has 1 amide bonds. The van der Waals surface area contributed by atoms with Gasteiger partial charge in [0.05, 0.1) is 29.5 Å². The number of carbonyl (C=O) groups excluding carboxylic acids is 2. The Hall–Kier alpha value is -2.80. The first-order valence-electron chi connectivity index (χ1n) is 6.68. The van der Waals surface area contributed by atoms with Gasteiger partial charge in [0.1, 0.15) is 5.76 Å². The highest BCUT2D eigenvalue weighted by Crippen LogP contribution is 2.29. The van der Waals surface area contributed by atoms with Gasteiger partial charge in [-0.15, -0.1) is 0 Å². The Bertz CT molecular complexity index is 809. The van der Waals surface area contributed by atoms with E-state index in [4.69, 9.17) is 9.15 Å². The SMILES string of the molecule is COC(=O)c1ccccc1N=C1NC(=O)/C(=C\c2ccco2)S1. The molecule has 2 aromatic rings. The molecule has 1 aromatic heterocycles. The van der Waals surface area contributed by atoms with E-state index < -0.39 is 5.97 Å². The first-order valence-corrected chi connectivity index (χ1v) is 7.49. The predicted molar refractivity (Wildman–Crippen MR) is 87.3 cm³/mol. The van der Waals surface area contributed by atoms with Crippen molar-refractivity contribution in [1.29, 1.82) is 0 Å². The minimum absolute atomic E-state index is 0.263. The zero-order valence-corrected chi connectivity index (χ0v) is 12.9. The number of rotatable bonds is 3. The van der Waals surface area contributed by atoms with Gasteiger partial charge < -0.3 is 14.5 Å². The summed E-state index contributed by atoms with van der Waals surface area (Å²) in [6.07, 6.45) is 3.17. The first kappa shape index (κ1) is 15.1. The van der Waals surface area contributed by atoms with Crippen molar-refractivity contribution in [3.63, 3.8) is 0 Å². The number of hydrogen-bond acceptors (Lipinski definition) is 6. The number of amidine groups is 1. The fraction of sp³-hybridized carbons (Fsp3) is 0.0625. The molecule has 23 heavy (non-hydrogen) atoms. The van der Waals surface area contributed by atoms with Crippen molar-refractivity contribution in [3.05, 3.63) is 58.9 Å². The number of thioether (sulfide) groups is 1. The largest absolute Gasteiger partial charge is 0.465 e. The molecule has 0 bridgehead atoms. The van der Waals surface area contributed by atoms with E-state index in [0.717, 1.165) is 0 Å². The van der Waals surface area contributed by atoms with Gasteiger partial charge in [0, 0.05) is 6.08 Å². The fourth-order valence-corrected chi connectivity index (χ4v) is 2.76. The van der Waals surface area contributed by atoms with Crippen LogP contribution in [0.2, 0.25) is 0 Å². The first-order chi connectivity index (χ1) is 11.2. The maximum Gasteiger partial charge on any atom is 0.340 e. The molecule has 1 aromatic carbocycles. The monoisotopic (exact) mass is 328 g/mol. The summed E-state index contributed by atoms with van der Waals surface area (Å²) in [6.45, 7) is 0. The van der Waals surface area contributed by atoms with E-state index in [1.807, 2.05) is 0 Å². The van der Waals surface area contributed by atoms with Gasteiger partial charge in [-0.25, -0.2) is 9.79 Å². The third kappa shape index (κ3) is 3.35. The molecule has 7 heteroatoms. The summed E-state index contributed by atoms with van der Waals surface area (Å²) >= 11 is 1.18. The molecule has 3 rings (SSSR count). The molecule has 0 aliphatic carbocycles. The van der Waals surface area contributed by atoms with Crippen LogP contribution < -0.4 is 5.32 Å². The Kier molecular flexibility index (Phi) is 4.29. The van der Waals surface area contributed by atoms with Crippen molar-refractivity contribution < 1.29 is 18.7 Å². The van der Waals surface area contributed by atoms with Crippen molar-refractivity contribution in [2.75, 3.05) is 7.11 Å². The minimum Gasteiger partial charge on any atom is -0.465 e. The molecule has 0 unspecified atom stereocenters. The van der Waals surface area contributed by atoms with Crippen LogP contribution in [0.5, 0.6) is 0 Å². The molecule has 1 aliphatic heterocycles. The highest BCUT2D eigenvalue weighted by atomic mass is 32.2. The number of para-hydroxylation sites is 1. The van der Waals surface area contributed by atoms with Crippen molar-refractivity contribution in [1.82, 2.24) is 5.32 Å². The molecule has 0 spiro atoms. The quantitative estimate of drug-likeness (QED) is 0.692. The normalized spacial score (nSPS) is 17.5. The summed E-state index contributed by atoms with van der Waals surface area (Å²) in [6, 6.07) is 10.3. The number of methoxy groups -OCH3 is 1. The number of benzene rings is 1. The molecule has 1 fully saturated rings. The fourth-order valence-electron chi connectivity index (χ4n) is 1.95. The van der Waals surface area contributed by atoms with Gasteiger partial charge in [-0.3, -0.25) is 4.79 Å². The second-order valence-electron chi connectivity index (χ2n) is 4.51. The van der Waals surface area contributed by atoms with Gasteiger partial charge in [-0.2, -0.15) is 0 Å². The number of hydrogen-bond donors (Lipinski definition) is 1. The van der Waals surface area contributed by atoms with Crippen LogP contribution in [0.15, 0.2) is 57.0 Å². The van der Waals surface area contributed by atoms with Crippen LogP contribution in [0.1, 0.15) is 16.1 Å². The Morgan fingerprint density at radius 3 is 2.87 bits per heavy atom. The minimum atomic E-state index is -0.481. The van der Waals surface area contributed by atoms with Gasteiger partial charge >= 0.3 is 5.97 Å². The third-order valence-electron chi connectivity index (χ3n) is 3.00. The third-order valence-corrected chi connectivity index (χ3v) is 3.91. The van der Waals surface area contributed by atoms with Crippen molar-refractivity contribution in [2.24, 2.45) is 4.99 Å². The molecular weight excluding hydrogens is 316 g/mol. The average molecular weight is 328 g/mol. The second-order valence-corrected chi connectivity index (χ2v) is 5.54. The Balaban J connectivity index is 1.88. The summed E-state index contributed by atoms with van der Waals surface area (Å²) in [5.41, 5.74) is 0.766. The van der Waals surface area contributed by atoms with Gasteiger partial charge in [-0.05, 0) is 36.0 Å². The predicted octanol–water partition coefficient (Wildman–Crippen LogP) is 2.96. The van der Waals surface area contributed by atoms with Crippen LogP contribution in [0.4, 0.5) is 5.69 Å². The lowest BCUT2D eigenvalue weighted by atomic mass is 10.2. The van der Waals surface area contributed by atoms with Gasteiger partial charge in [0.2, 0.25) is 0 Å². The molecule has 1 aliphatic rings. The number of amides is 1. The number of nitrogens with zero attached hydrogens (tertiary/aromatic N) is 1. The van der Waals surface area contributed by atoms with Gasteiger partial charge in [-0.1, -0.05) is 12.1 Å². The van der Waals surface area contributed by atoms with Gasteiger partial charge in [0.25, 0.3) is 5.91 Å². The Labute approximate surface area is 136 Å². The number of esters is 1. The lowest BCUT2D eigenvalue weighted by Gasteiger charge is -2.03. The molecule has 0 radical (unpaired) electrons. The Morgan fingerprint density at radius 1 is 1.30 bits per heavy atom. The van der Waals surface area contributed by atoms with Gasteiger partial charge in [0.15, 0.2) is 5.17 Å². The van der Waals surface area contributed by atoms with Crippen LogP contribution >= 0.6 is 11.8 Å². The van der Waals surface area contributed by atoms with E-state index in [1.54, 1.807) is 42.5 Å². The van der Waals surface area contributed by atoms with Crippen LogP contribution in [0, 0.1) is 0 Å². The maximum absolute atomic E-state index is 12.0. The molecule has 1 saturated heterocycles. The summed E-state index contributed by atoms with van der Waals surface area (Å²) in [5, 5.41) is 3.05. The standard InChI is InChI=1S/C16H12N2O4S/c1-21-15(20)11-6-2-3-7-12(11)17-16-18-14(19)13(23-16)9-10-5-4-8-22-10/h2-9H,1H3,(H,17,18,19)/b13-9+. The topological polar surface area (TPSA) is 80.9 Å². The Morgan fingerprint density at radius 2 is 2.13 bits per heavy atom. The maximum atomic E-state index is 12.0. The summed E-state index contributed by atoms with van der Waals surface area (Å²) in [4.78, 5) is 28.5. The smallest absolute Gasteiger partial charge is 0.340 e. The second kappa shape index (κ2) is 6.53. The zero-order valence-electron chi connectivity index (χ0n) is 12.1. The molecule has 0 atom stereocenters. The summed E-state index contributed by atoms with van der Waals surface area (Å²) < 4.78 is 9.92. The van der Waals surface area contributed by atoms with E-state index in [-0.39, 0.29) is 5.91 Å². The van der Waals surface area contributed by atoms with E-state index in [2.05, 4.69) is 10.3 Å². The molecule has 0 saturated carbocycles. The lowest BCUT2D eigenvalue weighted by Crippen LogP contribution is -2.19. The molecule has 1 N–H and O–H groups in total. The summed E-state index contributed by atoms with van der Waals surface area (Å²) in [7, 11) is 1.31. The average Bonchev–Trinajstić information content (AvgIpc) is 3.18. The van der Waals surface area contributed by atoms with Crippen molar-refractivity contribution >= 4 is 40.6 Å². The molecule has 6 nitrogen and oxygen atoms in total. The number of carbonyl (C=O) groups is 2. The van der Waals surface area contributed by atoms with Crippen LogP contribution in [-0.2, 0) is 9.53 Å². The number of furan rings is 1. The van der Waals surface area contributed by atoms with Crippen LogP contribution in [-0.4, -0.2) is 24.2 Å². The lowest BCUT2D eigenvalue weighted by molar-refractivity contribution is -0.115. The van der Waals surface area contributed by atoms with E-state index in [9.17, 15) is 9.59 Å². The van der Waals surface area contributed by atoms with E-state index in [1.165, 1.54) is 25.1 Å². The van der Waals surface area contributed by atoms with E-state index >= 15 is 0 Å². The summed E-state index contributed by atoms with van der Waals surface area (Å²) in [5.74, 6) is -0.162. The number of nitrogens with one attached hydrogen (secondary N) is 1. The highest BCUT2D eigenvalue weighted by molar-refractivity contribution is 8.18. The molecule has 2 heterocycles. The molecule has 116 valence electrons. The van der Waals surface area contributed by atoms with E-state index in [0.29, 0.717) is 27.1 Å². The number of aliphatic imine (C=N–C) groups is 1. The van der Waals surface area contributed by atoms with Crippen LogP contribution in [0.3, 0.4) is 0 Å². The molecular formula is C16H12N2O4S. The van der Waals surface area contributed by atoms with Crippen molar-refractivity contribution in [2.45, 2.75) is 0 Å².